The van der Waals surface area contributed by atoms with Crippen LogP contribution in [0.2, 0.25) is 0 Å². The molecule has 0 saturated carbocycles. The maximum Gasteiger partial charge on any atom is 0.406 e. The predicted octanol–water partition coefficient (Wildman–Crippen LogP) is 3.11. The Labute approximate surface area is 213 Å². The Morgan fingerprint density at radius 1 is 1.28 bits per heavy atom. The summed E-state index contributed by atoms with van der Waals surface area (Å²) in [6.07, 6.45) is 3.72. The van der Waals surface area contributed by atoms with E-state index in [1.165, 1.54) is 19.2 Å². The molecule has 0 spiro atoms. The SMILES string of the molecule is COC(=O)NCCOC(c1cc(F)ccc1C)C1CCCN(C(=O)NCC(N)CC2CCCOC2)C1. The molecular weight excluding hydrogens is 467 g/mol. The van der Waals surface area contributed by atoms with Gasteiger partial charge in [-0.2, -0.15) is 0 Å². The number of halogens is 1. The normalized spacial score (nSPS) is 21.9. The molecule has 1 aromatic carbocycles. The van der Waals surface area contributed by atoms with E-state index in [0.29, 0.717) is 25.6 Å². The third-order valence-electron chi connectivity index (χ3n) is 6.98. The lowest BCUT2D eigenvalue weighted by Crippen LogP contribution is -2.49. The van der Waals surface area contributed by atoms with Crippen LogP contribution in [0.15, 0.2) is 18.2 Å². The van der Waals surface area contributed by atoms with Crippen molar-refractivity contribution in [2.24, 2.45) is 17.6 Å². The fourth-order valence-corrected chi connectivity index (χ4v) is 5.09. The molecule has 10 heteroatoms. The number of methoxy groups -OCH3 is 1. The van der Waals surface area contributed by atoms with Crippen LogP contribution in [0.25, 0.3) is 0 Å². The van der Waals surface area contributed by atoms with Gasteiger partial charge in [-0.15, -0.1) is 0 Å². The van der Waals surface area contributed by atoms with Crippen molar-refractivity contribution in [3.8, 4) is 0 Å². The van der Waals surface area contributed by atoms with Crippen molar-refractivity contribution in [3.63, 3.8) is 0 Å². The highest BCUT2D eigenvalue weighted by atomic mass is 19.1. The number of hydrogen-bond acceptors (Lipinski definition) is 6. The quantitative estimate of drug-likeness (QED) is 0.419. The number of alkyl carbamates (subject to hydrolysis) is 1. The molecule has 0 radical (unpaired) electrons. The Bertz CT molecular complexity index is 852. The first-order valence-electron chi connectivity index (χ1n) is 12.9. The summed E-state index contributed by atoms with van der Waals surface area (Å²) in [6, 6.07) is 4.41. The van der Waals surface area contributed by atoms with E-state index in [2.05, 4.69) is 15.4 Å². The lowest BCUT2D eigenvalue weighted by molar-refractivity contribution is -0.00900. The van der Waals surface area contributed by atoms with E-state index in [0.717, 1.165) is 56.4 Å². The highest BCUT2D eigenvalue weighted by Gasteiger charge is 2.32. The largest absolute Gasteiger partial charge is 0.453 e. The van der Waals surface area contributed by atoms with Gasteiger partial charge >= 0.3 is 12.1 Å². The summed E-state index contributed by atoms with van der Waals surface area (Å²) < 4.78 is 30.4. The van der Waals surface area contributed by atoms with Crippen molar-refractivity contribution in [1.29, 1.82) is 0 Å². The minimum Gasteiger partial charge on any atom is -0.453 e. The third-order valence-corrected chi connectivity index (χ3v) is 6.98. The number of rotatable bonds is 10. The van der Waals surface area contributed by atoms with Crippen molar-refractivity contribution in [3.05, 3.63) is 35.1 Å². The second kappa shape index (κ2) is 14.3. The highest BCUT2D eigenvalue weighted by Crippen LogP contribution is 2.35. The number of ether oxygens (including phenoxy) is 3. The average Bonchev–Trinajstić information content (AvgIpc) is 2.89. The third kappa shape index (κ3) is 8.60. The van der Waals surface area contributed by atoms with Gasteiger partial charge in [-0.05, 0) is 68.2 Å². The van der Waals surface area contributed by atoms with Gasteiger partial charge in [0.25, 0.3) is 0 Å². The number of carbonyl (C=O) groups is 2. The van der Waals surface area contributed by atoms with Gasteiger partial charge in [0.2, 0.25) is 0 Å². The molecule has 0 aliphatic carbocycles. The summed E-state index contributed by atoms with van der Waals surface area (Å²) >= 11 is 0. The zero-order valence-electron chi connectivity index (χ0n) is 21.5. The molecule has 2 saturated heterocycles. The molecule has 2 aliphatic rings. The van der Waals surface area contributed by atoms with Crippen LogP contribution in [-0.4, -0.2) is 76.2 Å². The second-order valence-corrected chi connectivity index (χ2v) is 9.82. The van der Waals surface area contributed by atoms with Crippen LogP contribution in [0.1, 0.15) is 49.3 Å². The van der Waals surface area contributed by atoms with Gasteiger partial charge in [0, 0.05) is 51.4 Å². The molecule has 2 aliphatic heterocycles. The summed E-state index contributed by atoms with van der Waals surface area (Å²) in [5, 5.41) is 5.59. The molecule has 202 valence electrons. The van der Waals surface area contributed by atoms with Crippen molar-refractivity contribution in [2.45, 2.75) is 51.2 Å². The number of carbonyl (C=O) groups excluding carboxylic acids is 2. The number of urea groups is 1. The zero-order valence-corrected chi connectivity index (χ0v) is 21.5. The number of amides is 3. The van der Waals surface area contributed by atoms with Gasteiger partial charge in [-0.1, -0.05) is 6.07 Å². The number of nitrogens with one attached hydrogen (secondary N) is 2. The van der Waals surface area contributed by atoms with Crippen LogP contribution in [0.3, 0.4) is 0 Å². The number of piperidine rings is 1. The van der Waals surface area contributed by atoms with Gasteiger partial charge in [0.1, 0.15) is 5.82 Å². The molecule has 4 unspecified atom stereocenters. The van der Waals surface area contributed by atoms with Gasteiger partial charge in [-0.25, -0.2) is 14.0 Å². The Kier molecular flexibility index (Phi) is 11.2. The number of likely N-dealkylation sites (tertiary alicyclic amines) is 1. The molecule has 36 heavy (non-hydrogen) atoms. The number of nitrogens with two attached hydrogens (primary N) is 1. The monoisotopic (exact) mass is 508 g/mol. The number of hydrogen-bond donors (Lipinski definition) is 3. The van der Waals surface area contributed by atoms with Gasteiger partial charge in [0.05, 0.1) is 19.8 Å². The van der Waals surface area contributed by atoms with Crippen LogP contribution in [0.4, 0.5) is 14.0 Å². The second-order valence-electron chi connectivity index (χ2n) is 9.82. The minimum absolute atomic E-state index is 0.0174. The molecule has 3 amide bonds. The number of benzene rings is 1. The van der Waals surface area contributed by atoms with E-state index < -0.39 is 12.2 Å². The van der Waals surface area contributed by atoms with E-state index in [4.69, 9.17) is 15.2 Å². The van der Waals surface area contributed by atoms with Crippen molar-refractivity contribution in [2.75, 3.05) is 53.1 Å². The van der Waals surface area contributed by atoms with Gasteiger partial charge in [-0.3, -0.25) is 0 Å². The molecule has 9 nitrogen and oxygen atoms in total. The Morgan fingerprint density at radius 2 is 2.11 bits per heavy atom. The molecule has 4 atom stereocenters. The predicted molar refractivity (Wildman–Crippen MR) is 134 cm³/mol. The molecule has 2 heterocycles. The Balaban J connectivity index is 1.58. The first kappa shape index (κ1) is 28.1. The summed E-state index contributed by atoms with van der Waals surface area (Å²) in [7, 11) is 1.30. The first-order chi connectivity index (χ1) is 17.4. The van der Waals surface area contributed by atoms with E-state index in [1.54, 1.807) is 11.0 Å². The van der Waals surface area contributed by atoms with Crippen molar-refractivity contribution < 1.29 is 28.2 Å². The molecule has 3 rings (SSSR count). The van der Waals surface area contributed by atoms with Crippen LogP contribution in [0.5, 0.6) is 0 Å². The standard InChI is InChI=1S/C26H41FN4O5/c1-18-7-8-21(27)14-23(18)24(36-12-9-29-26(33)34-2)20-6-3-10-31(16-20)25(32)30-15-22(28)13-19-5-4-11-35-17-19/h7-8,14,19-20,22,24H,3-6,9-13,15-17,28H2,1-2H3,(H,29,33)(H,30,32). The van der Waals surface area contributed by atoms with Crippen molar-refractivity contribution in [1.82, 2.24) is 15.5 Å². The summed E-state index contributed by atoms with van der Waals surface area (Å²) in [5.41, 5.74) is 7.96. The maximum absolute atomic E-state index is 14.1. The lowest BCUT2D eigenvalue weighted by Gasteiger charge is -2.37. The van der Waals surface area contributed by atoms with Crippen LogP contribution >= 0.6 is 0 Å². The fourth-order valence-electron chi connectivity index (χ4n) is 5.09. The van der Waals surface area contributed by atoms with E-state index >= 15 is 0 Å². The fraction of sp³-hybridized carbons (Fsp3) is 0.692. The number of aryl methyl sites for hydroxylation is 1. The van der Waals surface area contributed by atoms with Crippen LogP contribution in [0, 0.1) is 24.6 Å². The van der Waals surface area contributed by atoms with E-state index in [-0.39, 0.29) is 37.0 Å². The topological polar surface area (TPSA) is 115 Å². The smallest absolute Gasteiger partial charge is 0.406 e. The first-order valence-corrected chi connectivity index (χ1v) is 12.9. The lowest BCUT2D eigenvalue weighted by atomic mass is 9.86. The summed E-state index contributed by atoms with van der Waals surface area (Å²) in [4.78, 5) is 26.1. The molecule has 1 aromatic rings. The zero-order chi connectivity index (χ0) is 25.9. The van der Waals surface area contributed by atoms with E-state index in [9.17, 15) is 14.0 Å². The van der Waals surface area contributed by atoms with E-state index in [1.807, 2.05) is 6.92 Å². The number of nitrogens with zero attached hydrogens (tertiary/aromatic N) is 1. The van der Waals surface area contributed by atoms with Crippen molar-refractivity contribution >= 4 is 12.1 Å². The summed E-state index contributed by atoms with van der Waals surface area (Å²) in [6.45, 7) is 5.53. The molecule has 4 N–H and O–H groups in total. The Morgan fingerprint density at radius 3 is 2.86 bits per heavy atom. The van der Waals surface area contributed by atoms with Crippen LogP contribution in [-0.2, 0) is 14.2 Å². The Hall–Kier alpha value is -2.43. The maximum atomic E-state index is 14.1. The molecule has 0 bridgehead atoms. The molecular formula is C26H41FN4O5. The minimum atomic E-state index is -0.535. The average molecular weight is 509 g/mol. The molecule has 2 fully saturated rings. The van der Waals surface area contributed by atoms with Gasteiger partial charge in [0.15, 0.2) is 0 Å². The van der Waals surface area contributed by atoms with Gasteiger partial charge < -0.3 is 35.5 Å². The molecule has 0 aromatic heterocycles. The highest BCUT2D eigenvalue weighted by molar-refractivity contribution is 5.74. The van der Waals surface area contributed by atoms with Crippen LogP contribution < -0.4 is 16.4 Å². The summed E-state index contributed by atoms with van der Waals surface area (Å²) in [5.74, 6) is 0.0990.